The topological polar surface area (TPSA) is 41.1 Å². The lowest BCUT2D eigenvalue weighted by Gasteiger charge is -2.16. The summed E-state index contributed by atoms with van der Waals surface area (Å²) in [4.78, 5) is 13.0. The minimum atomic E-state index is 0.225. The Labute approximate surface area is 118 Å². The van der Waals surface area contributed by atoms with E-state index in [9.17, 15) is 4.79 Å². The van der Waals surface area contributed by atoms with Crippen molar-refractivity contribution in [2.75, 3.05) is 6.54 Å². The summed E-state index contributed by atoms with van der Waals surface area (Å²) in [5.74, 6) is 1.04. The molecule has 4 heteroatoms. The van der Waals surface area contributed by atoms with Crippen molar-refractivity contribution in [1.82, 2.24) is 10.6 Å². The molecule has 2 aliphatic carbocycles. The van der Waals surface area contributed by atoms with Crippen LogP contribution in [0.5, 0.6) is 0 Å². The standard InChI is InChI=1S/C15H22N2OS/c18-14(17-12-7-8-12)4-1-9-16-15(11-5-6-11)13-3-2-10-19-13/h2-3,10-12,15-16H,1,4-9H2,(H,17,18). The van der Waals surface area contributed by atoms with Gasteiger partial charge in [-0.15, -0.1) is 11.3 Å². The third-order valence-corrected chi connectivity index (χ3v) is 4.79. The average Bonchev–Trinajstić information content (AvgIpc) is 3.31. The van der Waals surface area contributed by atoms with E-state index < -0.39 is 0 Å². The second kappa shape index (κ2) is 6.06. The van der Waals surface area contributed by atoms with Crippen LogP contribution in [0.3, 0.4) is 0 Å². The molecule has 0 aliphatic heterocycles. The van der Waals surface area contributed by atoms with Crippen molar-refractivity contribution in [3.63, 3.8) is 0 Å². The Morgan fingerprint density at radius 2 is 2.21 bits per heavy atom. The first-order valence-corrected chi connectivity index (χ1v) is 8.27. The van der Waals surface area contributed by atoms with Gasteiger partial charge in [0.25, 0.3) is 0 Å². The first-order valence-electron chi connectivity index (χ1n) is 7.39. The number of hydrogen-bond donors (Lipinski definition) is 2. The maximum atomic E-state index is 11.6. The number of carbonyl (C=O) groups excluding carboxylic acids is 1. The lowest BCUT2D eigenvalue weighted by Crippen LogP contribution is -2.28. The molecule has 1 atom stereocenters. The molecular weight excluding hydrogens is 256 g/mol. The highest BCUT2D eigenvalue weighted by Crippen LogP contribution is 2.42. The van der Waals surface area contributed by atoms with Crippen LogP contribution in [-0.2, 0) is 4.79 Å². The van der Waals surface area contributed by atoms with E-state index in [1.807, 2.05) is 11.3 Å². The van der Waals surface area contributed by atoms with E-state index in [2.05, 4.69) is 28.1 Å². The van der Waals surface area contributed by atoms with Gasteiger partial charge in [-0.05, 0) is 56.0 Å². The zero-order valence-electron chi connectivity index (χ0n) is 11.2. The van der Waals surface area contributed by atoms with Crippen molar-refractivity contribution in [3.05, 3.63) is 22.4 Å². The van der Waals surface area contributed by atoms with Crippen LogP contribution in [0.4, 0.5) is 0 Å². The van der Waals surface area contributed by atoms with Crippen LogP contribution in [-0.4, -0.2) is 18.5 Å². The maximum absolute atomic E-state index is 11.6. The zero-order valence-corrected chi connectivity index (χ0v) is 12.0. The van der Waals surface area contributed by atoms with E-state index in [0.717, 1.165) is 18.9 Å². The molecule has 2 aliphatic rings. The summed E-state index contributed by atoms with van der Waals surface area (Å²) >= 11 is 1.84. The van der Waals surface area contributed by atoms with Gasteiger partial charge in [-0.1, -0.05) is 6.07 Å². The summed E-state index contributed by atoms with van der Waals surface area (Å²) in [5.41, 5.74) is 0. The lowest BCUT2D eigenvalue weighted by molar-refractivity contribution is -0.121. The normalized spacial score (nSPS) is 20.2. The summed E-state index contributed by atoms with van der Waals surface area (Å²) in [7, 11) is 0. The van der Waals surface area contributed by atoms with Crippen LogP contribution < -0.4 is 10.6 Å². The molecule has 0 bridgehead atoms. The Bertz CT molecular complexity index is 410. The molecule has 1 amide bonds. The van der Waals surface area contributed by atoms with Crippen molar-refractivity contribution in [1.29, 1.82) is 0 Å². The van der Waals surface area contributed by atoms with Gasteiger partial charge in [0.05, 0.1) is 0 Å². The first kappa shape index (κ1) is 13.1. The van der Waals surface area contributed by atoms with Crippen molar-refractivity contribution in [3.8, 4) is 0 Å². The second-order valence-electron chi connectivity index (χ2n) is 5.73. The van der Waals surface area contributed by atoms with Crippen LogP contribution in [0, 0.1) is 5.92 Å². The maximum Gasteiger partial charge on any atom is 0.220 e. The molecule has 1 aromatic heterocycles. The molecular formula is C15H22N2OS. The second-order valence-corrected chi connectivity index (χ2v) is 6.71. The van der Waals surface area contributed by atoms with Gasteiger partial charge in [-0.3, -0.25) is 4.79 Å². The molecule has 0 spiro atoms. The van der Waals surface area contributed by atoms with E-state index in [1.54, 1.807) is 0 Å². The summed E-state index contributed by atoms with van der Waals surface area (Å²) in [6.45, 7) is 0.942. The summed E-state index contributed by atoms with van der Waals surface area (Å²) in [6.07, 6.45) is 6.63. The molecule has 1 heterocycles. The fourth-order valence-electron chi connectivity index (χ4n) is 2.43. The Kier molecular flexibility index (Phi) is 4.18. The average molecular weight is 278 g/mol. The van der Waals surface area contributed by atoms with Crippen molar-refractivity contribution in [2.45, 2.75) is 50.6 Å². The van der Waals surface area contributed by atoms with Gasteiger partial charge in [0.2, 0.25) is 5.91 Å². The number of thiophene rings is 1. The van der Waals surface area contributed by atoms with Crippen molar-refractivity contribution in [2.24, 2.45) is 5.92 Å². The third-order valence-electron chi connectivity index (χ3n) is 3.83. The predicted octanol–water partition coefficient (Wildman–Crippen LogP) is 2.85. The van der Waals surface area contributed by atoms with Crippen LogP contribution in [0.15, 0.2) is 17.5 Å². The Hall–Kier alpha value is -0.870. The molecule has 2 N–H and O–H groups in total. The van der Waals surface area contributed by atoms with E-state index in [-0.39, 0.29) is 5.91 Å². The van der Waals surface area contributed by atoms with Gasteiger partial charge in [-0.25, -0.2) is 0 Å². The molecule has 2 fully saturated rings. The predicted molar refractivity (Wildman–Crippen MR) is 78.2 cm³/mol. The number of hydrogen-bond acceptors (Lipinski definition) is 3. The fourth-order valence-corrected chi connectivity index (χ4v) is 3.33. The molecule has 2 saturated carbocycles. The third kappa shape index (κ3) is 4.05. The first-order chi connectivity index (χ1) is 9.33. The van der Waals surface area contributed by atoms with Crippen LogP contribution in [0.2, 0.25) is 0 Å². The number of rotatable bonds is 8. The smallest absolute Gasteiger partial charge is 0.220 e. The largest absolute Gasteiger partial charge is 0.353 e. The quantitative estimate of drug-likeness (QED) is 0.718. The Morgan fingerprint density at radius 1 is 1.37 bits per heavy atom. The molecule has 1 unspecified atom stereocenters. The molecule has 0 saturated heterocycles. The molecule has 3 rings (SSSR count). The van der Waals surface area contributed by atoms with E-state index >= 15 is 0 Å². The van der Waals surface area contributed by atoms with Gasteiger partial charge < -0.3 is 10.6 Å². The molecule has 19 heavy (non-hydrogen) atoms. The molecule has 3 nitrogen and oxygen atoms in total. The fraction of sp³-hybridized carbons (Fsp3) is 0.667. The summed E-state index contributed by atoms with van der Waals surface area (Å²) in [5, 5.41) is 8.83. The Balaban J connectivity index is 1.36. The van der Waals surface area contributed by atoms with E-state index in [4.69, 9.17) is 0 Å². The minimum Gasteiger partial charge on any atom is -0.353 e. The molecule has 0 aromatic carbocycles. The zero-order chi connectivity index (χ0) is 13.1. The number of nitrogens with one attached hydrogen (secondary N) is 2. The highest BCUT2D eigenvalue weighted by molar-refractivity contribution is 7.10. The van der Waals surface area contributed by atoms with Gasteiger partial charge in [-0.2, -0.15) is 0 Å². The van der Waals surface area contributed by atoms with Crippen LogP contribution >= 0.6 is 11.3 Å². The van der Waals surface area contributed by atoms with Gasteiger partial charge in [0.1, 0.15) is 0 Å². The van der Waals surface area contributed by atoms with Gasteiger partial charge >= 0.3 is 0 Å². The molecule has 104 valence electrons. The molecule has 0 radical (unpaired) electrons. The number of amides is 1. The highest BCUT2D eigenvalue weighted by Gasteiger charge is 2.32. The SMILES string of the molecule is O=C(CCCNC(c1cccs1)C1CC1)NC1CC1. The van der Waals surface area contributed by atoms with E-state index in [1.165, 1.54) is 30.6 Å². The van der Waals surface area contributed by atoms with Crippen LogP contribution in [0.25, 0.3) is 0 Å². The van der Waals surface area contributed by atoms with Gasteiger partial charge in [0.15, 0.2) is 0 Å². The Morgan fingerprint density at radius 3 is 2.84 bits per heavy atom. The van der Waals surface area contributed by atoms with Crippen LogP contribution in [0.1, 0.15) is 49.4 Å². The monoisotopic (exact) mass is 278 g/mol. The van der Waals surface area contributed by atoms with E-state index in [0.29, 0.717) is 18.5 Å². The lowest BCUT2D eigenvalue weighted by atomic mass is 10.1. The summed E-state index contributed by atoms with van der Waals surface area (Å²) < 4.78 is 0. The molecule has 1 aromatic rings. The number of carbonyl (C=O) groups is 1. The minimum absolute atomic E-state index is 0.225. The van der Waals surface area contributed by atoms with Gasteiger partial charge in [0, 0.05) is 23.4 Å². The highest BCUT2D eigenvalue weighted by atomic mass is 32.1. The summed E-state index contributed by atoms with van der Waals surface area (Å²) in [6, 6.07) is 5.36. The van der Waals surface area contributed by atoms with Crippen molar-refractivity contribution >= 4 is 17.2 Å². The van der Waals surface area contributed by atoms with Crippen molar-refractivity contribution < 1.29 is 4.79 Å².